The zero-order chi connectivity index (χ0) is 19.0. The van der Waals surface area contributed by atoms with E-state index < -0.39 is 21.5 Å². The van der Waals surface area contributed by atoms with Crippen LogP contribution >= 0.6 is 0 Å². The number of hydrogen-bond donors (Lipinski definition) is 1. The molecule has 0 saturated carbocycles. The normalized spacial score (nSPS) is 14.0. The first-order chi connectivity index (χ1) is 11.9. The first kappa shape index (κ1) is 29.1. The molecule has 0 aliphatic carbocycles. The molecule has 0 rings (SSSR count). The van der Waals surface area contributed by atoms with Gasteiger partial charge in [0.1, 0.15) is 10.1 Å². The summed E-state index contributed by atoms with van der Waals surface area (Å²) in [6, 6.07) is 0. The van der Waals surface area contributed by atoms with E-state index in [9.17, 15) is 18.1 Å². The van der Waals surface area contributed by atoms with Crippen molar-refractivity contribution in [1.29, 1.82) is 0 Å². The molecule has 0 aliphatic heterocycles. The minimum atomic E-state index is -4.39. The van der Waals surface area contributed by atoms with Crippen LogP contribution in [-0.4, -0.2) is 29.4 Å². The molecule has 2 atom stereocenters. The van der Waals surface area contributed by atoms with Crippen LogP contribution in [0.4, 0.5) is 0 Å². The van der Waals surface area contributed by atoms with Crippen molar-refractivity contribution < 1.29 is 47.6 Å². The quantitative estimate of drug-likeness (QED) is 0.218. The molecular formula is C20H41NaO4S. The van der Waals surface area contributed by atoms with Gasteiger partial charge >= 0.3 is 29.6 Å². The van der Waals surface area contributed by atoms with Gasteiger partial charge in [-0.3, -0.25) is 0 Å². The van der Waals surface area contributed by atoms with Crippen molar-refractivity contribution in [2.75, 3.05) is 0 Å². The Morgan fingerprint density at radius 3 is 1.42 bits per heavy atom. The Morgan fingerprint density at radius 2 is 1.08 bits per heavy atom. The van der Waals surface area contributed by atoms with E-state index in [0.29, 0.717) is 12.8 Å². The first-order valence-electron chi connectivity index (χ1n) is 10.6. The van der Waals surface area contributed by atoms with Crippen LogP contribution in [0.3, 0.4) is 0 Å². The maximum absolute atomic E-state index is 11.2. The standard InChI is InChI=1S/C20H42O4S.Na/c1-3-5-6-7-8-9-10-11-12-13-14-15-16-18-19(21)20(17-4-2)25(22,23)24;/h19-21H,3-18H2,1-2H3,(H,22,23,24);/q;+1/p-1. The Labute approximate surface area is 185 Å². The minimum absolute atomic E-state index is 0. The van der Waals surface area contributed by atoms with Crippen molar-refractivity contribution in [3.8, 4) is 0 Å². The molecule has 0 heterocycles. The second-order valence-corrected chi connectivity index (χ2v) is 9.01. The van der Waals surface area contributed by atoms with Gasteiger partial charge in [0.05, 0.1) is 11.4 Å². The average Bonchev–Trinajstić information content (AvgIpc) is 2.55. The summed E-state index contributed by atoms with van der Waals surface area (Å²) < 4.78 is 33.5. The van der Waals surface area contributed by atoms with Crippen LogP contribution in [0, 0.1) is 0 Å². The second kappa shape index (κ2) is 19.2. The predicted molar refractivity (Wildman–Crippen MR) is 105 cm³/mol. The molecule has 0 aliphatic rings. The van der Waals surface area contributed by atoms with E-state index in [2.05, 4.69) is 6.92 Å². The van der Waals surface area contributed by atoms with Gasteiger partial charge in [-0.05, 0) is 12.8 Å². The van der Waals surface area contributed by atoms with Crippen LogP contribution in [0.1, 0.15) is 117 Å². The largest absolute Gasteiger partial charge is 1.00 e. The van der Waals surface area contributed by atoms with Gasteiger partial charge in [0, 0.05) is 0 Å². The molecule has 0 bridgehead atoms. The smallest absolute Gasteiger partial charge is 0.748 e. The zero-order valence-corrected chi connectivity index (χ0v) is 20.4. The molecule has 152 valence electrons. The van der Waals surface area contributed by atoms with Gasteiger partial charge in [-0.15, -0.1) is 0 Å². The van der Waals surface area contributed by atoms with E-state index in [4.69, 9.17) is 0 Å². The molecule has 0 aromatic carbocycles. The van der Waals surface area contributed by atoms with Crippen LogP contribution in [0.15, 0.2) is 0 Å². The summed E-state index contributed by atoms with van der Waals surface area (Å²) >= 11 is 0. The van der Waals surface area contributed by atoms with Crippen LogP contribution < -0.4 is 29.6 Å². The fourth-order valence-electron chi connectivity index (χ4n) is 3.37. The van der Waals surface area contributed by atoms with E-state index in [-0.39, 0.29) is 36.0 Å². The summed E-state index contributed by atoms with van der Waals surface area (Å²) in [6.07, 6.45) is 16.5. The number of hydrogen-bond acceptors (Lipinski definition) is 4. The summed E-state index contributed by atoms with van der Waals surface area (Å²) in [5, 5.41) is 8.84. The van der Waals surface area contributed by atoms with Crippen molar-refractivity contribution in [3.63, 3.8) is 0 Å². The van der Waals surface area contributed by atoms with E-state index in [1.807, 2.05) is 6.92 Å². The molecule has 0 aromatic rings. The minimum Gasteiger partial charge on any atom is -0.748 e. The third-order valence-electron chi connectivity index (χ3n) is 4.98. The third kappa shape index (κ3) is 17.0. The van der Waals surface area contributed by atoms with Gasteiger partial charge in [-0.1, -0.05) is 104 Å². The molecule has 0 radical (unpaired) electrons. The number of rotatable bonds is 18. The number of aliphatic hydroxyl groups is 1. The molecular weight excluding hydrogens is 359 g/mol. The summed E-state index contributed by atoms with van der Waals surface area (Å²) in [5.74, 6) is 0. The molecule has 0 amide bonds. The Kier molecular flexibility index (Phi) is 21.5. The first-order valence-corrected chi connectivity index (χ1v) is 12.0. The molecule has 6 heteroatoms. The topological polar surface area (TPSA) is 77.4 Å². The van der Waals surface area contributed by atoms with Crippen LogP contribution in [-0.2, 0) is 10.1 Å². The van der Waals surface area contributed by atoms with Gasteiger partial charge in [0.2, 0.25) is 0 Å². The molecule has 26 heavy (non-hydrogen) atoms. The van der Waals surface area contributed by atoms with Crippen molar-refractivity contribution in [2.45, 2.75) is 128 Å². The van der Waals surface area contributed by atoms with Crippen molar-refractivity contribution in [3.05, 3.63) is 0 Å². The second-order valence-electron chi connectivity index (χ2n) is 7.42. The average molecular weight is 401 g/mol. The summed E-state index contributed by atoms with van der Waals surface area (Å²) in [5.41, 5.74) is 0. The SMILES string of the molecule is CCCCCCCCCCCCCCCC(O)C(CCC)S(=O)(=O)[O-].[Na+]. The maximum Gasteiger partial charge on any atom is 1.00 e. The third-order valence-corrected chi connectivity index (χ3v) is 6.27. The predicted octanol–water partition coefficient (Wildman–Crippen LogP) is 2.55. The fraction of sp³-hybridized carbons (Fsp3) is 1.00. The Balaban J connectivity index is 0. The number of aliphatic hydroxyl groups excluding tert-OH is 1. The van der Waals surface area contributed by atoms with Gasteiger partial charge in [-0.2, -0.15) is 0 Å². The molecule has 0 aromatic heterocycles. The van der Waals surface area contributed by atoms with Crippen LogP contribution in [0.5, 0.6) is 0 Å². The van der Waals surface area contributed by atoms with E-state index >= 15 is 0 Å². The molecule has 1 N–H and O–H groups in total. The fourth-order valence-corrected chi connectivity index (χ4v) is 4.42. The van der Waals surface area contributed by atoms with Gasteiger partial charge in [0.15, 0.2) is 0 Å². The molecule has 0 spiro atoms. The van der Waals surface area contributed by atoms with Crippen molar-refractivity contribution in [1.82, 2.24) is 0 Å². The van der Waals surface area contributed by atoms with Crippen LogP contribution in [0.25, 0.3) is 0 Å². The number of unbranched alkanes of at least 4 members (excludes halogenated alkanes) is 12. The van der Waals surface area contributed by atoms with E-state index in [1.165, 1.54) is 64.2 Å². The Hall–Kier alpha value is 0.870. The van der Waals surface area contributed by atoms with E-state index in [1.54, 1.807) is 0 Å². The van der Waals surface area contributed by atoms with Crippen LogP contribution in [0.2, 0.25) is 0 Å². The summed E-state index contributed by atoms with van der Waals surface area (Å²) in [4.78, 5) is 0. The van der Waals surface area contributed by atoms with Gasteiger partial charge < -0.3 is 9.66 Å². The summed E-state index contributed by atoms with van der Waals surface area (Å²) in [6.45, 7) is 4.08. The monoisotopic (exact) mass is 400 g/mol. The molecule has 0 saturated heterocycles. The van der Waals surface area contributed by atoms with Gasteiger partial charge in [0.25, 0.3) is 0 Å². The van der Waals surface area contributed by atoms with Crippen molar-refractivity contribution in [2.24, 2.45) is 0 Å². The molecule has 4 nitrogen and oxygen atoms in total. The van der Waals surface area contributed by atoms with Gasteiger partial charge in [-0.25, -0.2) is 8.42 Å². The maximum atomic E-state index is 11.2. The van der Waals surface area contributed by atoms with E-state index in [0.717, 1.165) is 19.3 Å². The molecule has 0 fully saturated rings. The Bertz CT molecular complexity index is 387. The zero-order valence-electron chi connectivity index (χ0n) is 17.5. The van der Waals surface area contributed by atoms with Crippen molar-refractivity contribution >= 4 is 10.1 Å². The molecule has 2 unspecified atom stereocenters. The Morgan fingerprint density at radius 1 is 0.692 bits per heavy atom. The summed E-state index contributed by atoms with van der Waals surface area (Å²) in [7, 11) is -4.39.